The predicted octanol–water partition coefficient (Wildman–Crippen LogP) is 2.14. The lowest BCUT2D eigenvalue weighted by Crippen LogP contribution is -2.26. The van der Waals surface area contributed by atoms with Gasteiger partial charge in [-0.3, -0.25) is 0 Å². The minimum absolute atomic E-state index is 0.444. The Morgan fingerprint density at radius 3 is 1.84 bits per heavy atom. The van der Waals surface area contributed by atoms with Gasteiger partial charge in [0.1, 0.15) is 17.6 Å². The zero-order chi connectivity index (χ0) is 14.3. The Morgan fingerprint density at radius 1 is 1.00 bits per heavy atom. The molecule has 0 saturated heterocycles. The molecule has 0 aromatic heterocycles. The molecule has 1 N–H and O–H groups in total. The Kier molecular flexibility index (Phi) is 6.62. The van der Waals surface area contributed by atoms with Gasteiger partial charge in [-0.1, -0.05) is 6.07 Å². The van der Waals surface area contributed by atoms with Gasteiger partial charge in [0, 0.05) is 13.2 Å². The fourth-order valence-corrected chi connectivity index (χ4v) is 1.87. The van der Waals surface area contributed by atoms with Crippen LogP contribution < -0.4 is 9.47 Å². The lowest BCUT2D eigenvalue weighted by molar-refractivity contribution is -0.192. The Labute approximate surface area is 114 Å². The first-order chi connectivity index (χ1) is 9.19. The van der Waals surface area contributed by atoms with E-state index in [0.717, 1.165) is 0 Å². The molecule has 5 heteroatoms. The molecule has 0 fully saturated rings. The fourth-order valence-electron chi connectivity index (χ4n) is 1.87. The third-order valence-corrected chi connectivity index (χ3v) is 2.68. The summed E-state index contributed by atoms with van der Waals surface area (Å²) in [6, 6.07) is 5.32. The molecule has 5 nitrogen and oxygen atoms in total. The Balaban J connectivity index is 3.10. The molecule has 1 unspecified atom stereocenters. The number of benzene rings is 1. The normalized spacial score (nSPS) is 12.5. The van der Waals surface area contributed by atoms with Crippen LogP contribution >= 0.6 is 0 Å². The maximum atomic E-state index is 10.5. The van der Waals surface area contributed by atoms with Crippen LogP contribution in [-0.4, -0.2) is 38.8 Å². The molecule has 0 saturated carbocycles. The standard InChI is InChI=1S/C14H22O5/c1-5-18-14(19-6-2)13(15)12-10(16-3)8-7-9-11(12)17-4/h7-9,13-15H,5-6H2,1-4H3. The highest BCUT2D eigenvalue weighted by Crippen LogP contribution is 2.36. The summed E-state index contributed by atoms with van der Waals surface area (Å²) in [6.45, 7) is 4.58. The molecular formula is C14H22O5. The summed E-state index contributed by atoms with van der Waals surface area (Å²) in [5.74, 6) is 1.08. The van der Waals surface area contributed by atoms with E-state index in [1.165, 1.54) is 0 Å². The van der Waals surface area contributed by atoms with Crippen LogP contribution in [0.15, 0.2) is 18.2 Å². The van der Waals surface area contributed by atoms with Gasteiger partial charge in [-0.25, -0.2) is 0 Å². The predicted molar refractivity (Wildman–Crippen MR) is 71.5 cm³/mol. The van der Waals surface area contributed by atoms with Gasteiger partial charge in [-0.05, 0) is 26.0 Å². The lowest BCUT2D eigenvalue weighted by atomic mass is 10.1. The van der Waals surface area contributed by atoms with Gasteiger partial charge in [-0.15, -0.1) is 0 Å². The van der Waals surface area contributed by atoms with E-state index in [4.69, 9.17) is 18.9 Å². The van der Waals surface area contributed by atoms with Gasteiger partial charge in [-0.2, -0.15) is 0 Å². The van der Waals surface area contributed by atoms with Crippen molar-refractivity contribution in [2.75, 3.05) is 27.4 Å². The number of methoxy groups -OCH3 is 2. The zero-order valence-electron chi connectivity index (χ0n) is 11.9. The van der Waals surface area contributed by atoms with E-state index in [1.807, 2.05) is 13.8 Å². The first-order valence-corrected chi connectivity index (χ1v) is 6.31. The fraction of sp³-hybridized carbons (Fsp3) is 0.571. The summed E-state index contributed by atoms with van der Waals surface area (Å²) in [4.78, 5) is 0. The first-order valence-electron chi connectivity index (χ1n) is 6.31. The molecule has 108 valence electrons. The molecule has 0 spiro atoms. The van der Waals surface area contributed by atoms with Gasteiger partial charge >= 0.3 is 0 Å². The van der Waals surface area contributed by atoms with Crippen LogP contribution in [0.25, 0.3) is 0 Å². The molecule has 1 atom stereocenters. The van der Waals surface area contributed by atoms with Crippen molar-refractivity contribution in [1.82, 2.24) is 0 Å². The van der Waals surface area contributed by atoms with Crippen LogP contribution in [0.4, 0.5) is 0 Å². The van der Waals surface area contributed by atoms with Crippen molar-refractivity contribution < 1.29 is 24.1 Å². The van der Waals surface area contributed by atoms with Crippen molar-refractivity contribution in [3.8, 4) is 11.5 Å². The average Bonchev–Trinajstić information content (AvgIpc) is 2.45. The monoisotopic (exact) mass is 270 g/mol. The number of aliphatic hydroxyl groups is 1. The van der Waals surface area contributed by atoms with E-state index in [-0.39, 0.29) is 0 Å². The average molecular weight is 270 g/mol. The maximum absolute atomic E-state index is 10.5. The summed E-state index contributed by atoms with van der Waals surface area (Å²) in [5.41, 5.74) is 0.527. The quantitative estimate of drug-likeness (QED) is 0.733. The zero-order valence-corrected chi connectivity index (χ0v) is 11.9. The number of hydrogen-bond acceptors (Lipinski definition) is 5. The molecule has 0 amide bonds. The summed E-state index contributed by atoms with van der Waals surface area (Å²) in [5, 5.41) is 10.5. The van der Waals surface area contributed by atoms with Crippen LogP contribution in [0.5, 0.6) is 11.5 Å². The Morgan fingerprint density at radius 2 is 1.47 bits per heavy atom. The third-order valence-electron chi connectivity index (χ3n) is 2.68. The van der Waals surface area contributed by atoms with Crippen LogP contribution in [0.3, 0.4) is 0 Å². The van der Waals surface area contributed by atoms with Crippen molar-refractivity contribution >= 4 is 0 Å². The number of hydrogen-bond donors (Lipinski definition) is 1. The van der Waals surface area contributed by atoms with Crippen LogP contribution in [0.2, 0.25) is 0 Å². The third kappa shape index (κ3) is 3.83. The summed E-state index contributed by atoms with van der Waals surface area (Å²) in [6.07, 6.45) is -1.73. The Hall–Kier alpha value is -1.30. The number of aliphatic hydroxyl groups excluding tert-OH is 1. The minimum Gasteiger partial charge on any atom is -0.496 e. The molecule has 0 bridgehead atoms. The topological polar surface area (TPSA) is 57.2 Å². The minimum atomic E-state index is -0.981. The van der Waals surface area contributed by atoms with Crippen molar-refractivity contribution in [3.05, 3.63) is 23.8 Å². The van der Waals surface area contributed by atoms with Gasteiger partial charge in [0.15, 0.2) is 6.29 Å². The second-order valence-electron chi connectivity index (χ2n) is 3.80. The highest BCUT2D eigenvalue weighted by Gasteiger charge is 2.27. The van der Waals surface area contributed by atoms with Gasteiger partial charge in [0.2, 0.25) is 0 Å². The summed E-state index contributed by atoms with van der Waals surface area (Å²) < 4.78 is 21.4. The summed E-state index contributed by atoms with van der Waals surface area (Å²) in [7, 11) is 3.09. The highest BCUT2D eigenvalue weighted by atomic mass is 16.7. The van der Waals surface area contributed by atoms with E-state index in [1.54, 1.807) is 32.4 Å². The molecule has 0 aliphatic heterocycles. The van der Waals surface area contributed by atoms with E-state index >= 15 is 0 Å². The maximum Gasteiger partial charge on any atom is 0.187 e. The smallest absolute Gasteiger partial charge is 0.187 e. The molecule has 0 aliphatic carbocycles. The Bertz CT molecular complexity index is 352. The van der Waals surface area contributed by atoms with Crippen molar-refractivity contribution in [3.63, 3.8) is 0 Å². The van der Waals surface area contributed by atoms with Crippen LogP contribution in [0, 0.1) is 0 Å². The second-order valence-corrected chi connectivity index (χ2v) is 3.80. The first kappa shape index (κ1) is 15.8. The summed E-state index contributed by atoms with van der Waals surface area (Å²) >= 11 is 0. The molecule has 0 aliphatic rings. The molecule has 0 radical (unpaired) electrons. The van der Waals surface area contributed by atoms with Crippen LogP contribution in [-0.2, 0) is 9.47 Å². The molecule has 1 rings (SSSR count). The SMILES string of the molecule is CCOC(OCC)C(O)c1c(OC)cccc1OC. The van der Waals surface area contributed by atoms with Crippen molar-refractivity contribution in [2.24, 2.45) is 0 Å². The number of rotatable bonds is 8. The number of ether oxygens (including phenoxy) is 4. The highest BCUT2D eigenvalue weighted by molar-refractivity contribution is 5.46. The van der Waals surface area contributed by atoms with Crippen LogP contribution in [0.1, 0.15) is 25.5 Å². The van der Waals surface area contributed by atoms with Gasteiger partial charge in [0.25, 0.3) is 0 Å². The molecule has 19 heavy (non-hydrogen) atoms. The van der Waals surface area contributed by atoms with Crippen molar-refractivity contribution in [2.45, 2.75) is 26.2 Å². The van der Waals surface area contributed by atoms with E-state index in [9.17, 15) is 5.11 Å². The van der Waals surface area contributed by atoms with Gasteiger partial charge in [0.05, 0.1) is 19.8 Å². The van der Waals surface area contributed by atoms with E-state index in [2.05, 4.69) is 0 Å². The van der Waals surface area contributed by atoms with Crippen molar-refractivity contribution in [1.29, 1.82) is 0 Å². The molecule has 1 aromatic carbocycles. The molecular weight excluding hydrogens is 248 g/mol. The van der Waals surface area contributed by atoms with E-state index < -0.39 is 12.4 Å². The largest absolute Gasteiger partial charge is 0.496 e. The van der Waals surface area contributed by atoms with E-state index in [0.29, 0.717) is 30.3 Å². The second kappa shape index (κ2) is 7.99. The lowest BCUT2D eigenvalue weighted by Gasteiger charge is -2.25. The molecule has 0 heterocycles. The molecule has 1 aromatic rings. The van der Waals surface area contributed by atoms with Gasteiger partial charge < -0.3 is 24.1 Å².